The van der Waals surface area contributed by atoms with Crippen LogP contribution in [0.1, 0.15) is 6.92 Å². The Morgan fingerprint density at radius 3 is 2.95 bits per heavy atom. The maximum absolute atomic E-state index is 13.1. The maximum atomic E-state index is 13.1. The normalized spacial score (nSPS) is 10.7. The summed E-state index contributed by atoms with van der Waals surface area (Å²) in [6.45, 7) is 2.50. The summed E-state index contributed by atoms with van der Waals surface area (Å²) < 4.78 is 19.2. The van der Waals surface area contributed by atoms with E-state index in [9.17, 15) is 4.39 Å². The third-order valence-electron chi connectivity index (χ3n) is 2.63. The molecular formula is C14H12FN3OS. The van der Waals surface area contributed by atoms with E-state index in [-0.39, 0.29) is 5.82 Å². The third kappa shape index (κ3) is 2.70. The molecule has 4 nitrogen and oxygen atoms in total. The summed E-state index contributed by atoms with van der Waals surface area (Å²) in [5.74, 6) is 0.333. The van der Waals surface area contributed by atoms with Gasteiger partial charge in [-0.1, -0.05) is 11.3 Å². The van der Waals surface area contributed by atoms with Crippen LogP contribution in [0.4, 0.5) is 15.2 Å². The third-order valence-corrected chi connectivity index (χ3v) is 3.56. The Kier molecular flexibility index (Phi) is 3.47. The van der Waals surface area contributed by atoms with Crippen molar-refractivity contribution < 1.29 is 9.13 Å². The van der Waals surface area contributed by atoms with Crippen molar-refractivity contribution >= 4 is 32.4 Å². The molecule has 0 aliphatic heterocycles. The smallest absolute Gasteiger partial charge is 0.213 e. The van der Waals surface area contributed by atoms with Gasteiger partial charge in [0.25, 0.3) is 0 Å². The fourth-order valence-corrected chi connectivity index (χ4v) is 2.67. The fraction of sp³-hybridized carbons (Fsp3) is 0.143. The molecule has 0 aliphatic rings. The number of rotatable bonds is 4. The number of benzene rings is 1. The van der Waals surface area contributed by atoms with Crippen LogP contribution in [-0.2, 0) is 0 Å². The zero-order valence-corrected chi connectivity index (χ0v) is 11.6. The molecule has 0 fully saturated rings. The Hall–Kier alpha value is -2.21. The predicted molar refractivity (Wildman–Crippen MR) is 78.3 cm³/mol. The number of anilines is 2. The van der Waals surface area contributed by atoms with Crippen molar-refractivity contribution in [3.63, 3.8) is 0 Å². The lowest BCUT2D eigenvalue weighted by molar-refractivity contribution is 0.327. The second kappa shape index (κ2) is 5.42. The van der Waals surface area contributed by atoms with Crippen LogP contribution in [-0.4, -0.2) is 16.6 Å². The molecule has 102 valence electrons. The Balaban J connectivity index is 1.81. The van der Waals surface area contributed by atoms with Crippen molar-refractivity contribution in [3.05, 3.63) is 42.3 Å². The van der Waals surface area contributed by atoms with Crippen LogP contribution in [0.25, 0.3) is 10.2 Å². The van der Waals surface area contributed by atoms with Crippen molar-refractivity contribution in [2.75, 3.05) is 11.9 Å². The van der Waals surface area contributed by atoms with Gasteiger partial charge in [0.05, 0.1) is 28.7 Å². The van der Waals surface area contributed by atoms with Crippen LogP contribution in [0.3, 0.4) is 0 Å². The van der Waals surface area contributed by atoms with Gasteiger partial charge in [-0.05, 0) is 31.2 Å². The second-order valence-corrected chi connectivity index (χ2v) is 5.10. The van der Waals surface area contributed by atoms with Crippen LogP contribution in [0.2, 0.25) is 0 Å². The molecule has 0 saturated carbocycles. The summed E-state index contributed by atoms with van der Waals surface area (Å²) in [7, 11) is 0. The van der Waals surface area contributed by atoms with Gasteiger partial charge in [0, 0.05) is 6.07 Å². The van der Waals surface area contributed by atoms with E-state index in [4.69, 9.17) is 4.74 Å². The van der Waals surface area contributed by atoms with Crippen LogP contribution >= 0.6 is 11.3 Å². The number of halogens is 1. The quantitative estimate of drug-likeness (QED) is 0.789. The highest BCUT2D eigenvalue weighted by molar-refractivity contribution is 7.22. The molecule has 20 heavy (non-hydrogen) atoms. The van der Waals surface area contributed by atoms with Crippen molar-refractivity contribution in [2.24, 2.45) is 0 Å². The molecule has 3 rings (SSSR count). The molecule has 0 bridgehead atoms. The van der Waals surface area contributed by atoms with Gasteiger partial charge >= 0.3 is 0 Å². The number of pyridine rings is 1. The van der Waals surface area contributed by atoms with Gasteiger partial charge in [-0.3, -0.25) is 0 Å². The fourth-order valence-electron chi connectivity index (χ4n) is 1.76. The number of aromatic nitrogens is 2. The minimum Gasteiger partial charge on any atom is -0.478 e. The minimum atomic E-state index is -0.254. The monoisotopic (exact) mass is 289 g/mol. The van der Waals surface area contributed by atoms with Crippen LogP contribution in [0.5, 0.6) is 5.88 Å². The number of ether oxygens (including phenoxy) is 1. The highest BCUT2D eigenvalue weighted by Gasteiger charge is 2.05. The Morgan fingerprint density at radius 2 is 2.20 bits per heavy atom. The van der Waals surface area contributed by atoms with E-state index in [2.05, 4.69) is 15.3 Å². The van der Waals surface area contributed by atoms with Crippen LogP contribution in [0, 0.1) is 5.82 Å². The lowest BCUT2D eigenvalue weighted by Gasteiger charge is -2.04. The minimum absolute atomic E-state index is 0.254. The van der Waals surface area contributed by atoms with Crippen molar-refractivity contribution in [1.82, 2.24) is 9.97 Å². The Labute approximate surface area is 119 Å². The van der Waals surface area contributed by atoms with Crippen molar-refractivity contribution in [1.29, 1.82) is 0 Å². The average molecular weight is 289 g/mol. The van der Waals surface area contributed by atoms with Gasteiger partial charge in [0.1, 0.15) is 5.82 Å². The molecule has 0 spiro atoms. The first-order valence-corrected chi connectivity index (χ1v) is 6.98. The second-order valence-electron chi connectivity index (χ2n) is 4.07. The Morgan fingerprint density at radius 1 is 1.30 bits per heavy atom. The van der Waals surface area contributed by atoms with E-state index in [1.54, 1.807) is 18.3 Å². The first-order valence-electron chi connectivity index (χ1n) is 6.16. The summed E-state index contributed by atoms with van der Waals surface area (Å²) in [6, 6.07) is 8.21. The lowest BCUT2D eigenvalue weighted by Crippen LogP contribution is -1.95. The van der Waals surface area contributed by atoms with E-state index >= 15 is 0 Å². The van der Waals surface area contributed by atoms with Gasteiger partial charge < -0.3 is 10.1 Å². The molecule has 3 aromatic rings. The first-order chi connectivity index (χ1) is 9.74. The van der Waals surface area contributed by atoms with Gasteiger partial charge in [0.15, 0.2) is 5.13 Å². The number of nitrogens with one attached hydrogen (secondary N) is 1. The molecule has 1 aromatic carbocycles. The molecule has 1 N–H and O–H groups in total. The summed E-state index contributed by atoms with van der Waals surface area (Å²) >= 11 is 1.40. The lowest BCUT2D eigenvalue weighted by atomic mass is 10.3. The molecule has 2 aromatic heterocycles. The number of hydrogen-bond acceptors (Lipinski definition) is 5. The average Bonchev–Trinajstić information content (AvgIpc) is 2.82. The summed E-state index contributed by atoms with van der Waals surface area (Å²) in [5, 5.41) is 3.85. The molecule has 0 radical (unpaired) electrons. The van der Waals surface area contributed by atoms with Gasteiger partial charge in [-0.25, -0.2) is 14.4 Å². The number of fused-ring (bicyclic) bond motifs is 1. The van der Waals surface area contributed by atoms with Crippen LogP contribution in [0.15, 0.2) is 36.5 Å². The highest BCUT2D eigenvalue weighted by Crippen LogP contribution is 2.28. The molecule has 0 saturated heterocycles. The molecule has 0 atom stereocenters. The zero-order chi connectivity index (χ0) is 13.9. The van der Waals surface area contributed by atoms with Gasteiger partial charge in [-0.15, -0.1) is 0 Å². The van der Waals surface area contributed by atoms with Gasteiger partial charge in [-0.2, -0.15) is 0 Å². The van der Waals surface area contributed by atoms with Crippen molar-refractivity contribution in [2.45, 2.75) is 6.92 Å². The predicted octanol–water partition coefficient (Wildman–Crippen LogP) is 3.97. The van der Waals surface area contributed by atoms with Gasteiger partial charge in [0.2, 0.25) is 5.88 Å². The van der Waals surface area contributed by atoms with E-state index in [0.29, 0.717) is 17.6 Å². The maximum Gasteiger partial charge on any atom is 0.213 e. The van der Waals surface area contributed by atoms with E-state index in [1.807, 2.05) is 13.0 Å². The molecule has 0 aliphatic carbocycles. The summed E-state index contributed by atoms with van der Waals surface area (Å²) in [4.78, 5) is 8.55. The van der Waals surface area contributed by atoms with E-state index < -0.39 is 0 Å². The summed E-state index contributed by atoms with van der Waals surface area (Å²) in [6.07, 6.45) is 1.68. The zero-order valence-electron chi connectivity index (χ0n) is 10.8. The highest BCUT2D eigenvalue weighted by atomic mass is 32.1. The molecule has 0 amide bonds. The van der Waals surface area contributed by atoms with Crippen LogP contribution < -0.4 is 10.1 Å². The van der Waals surface area contributed by atoms with Crippen molar-refractivity contribution in [3.8, 4) is 5.88 Å². The first kappa shape index (κ1) is 12.8. The van der Waals surface area contributed by atoms with E-state index in [1.165, 1.54) is 23.5 Å². The standard InChI is InChI=1S/C14H12FN3OS/c1-2-19-13-6-4-10(8-16-13)17-14-18-11-5-3-9(15)7-12(11)20-14/h3-8H,2H2,1H3,(H,17,18). The number of nitrogens with zero attached hydrogens (tertiary/aromatic N) is 2. The largest absolute Gasteiger partial charge is 0.478 e. The Bertz CT molecular complexity index is 727. The topological polar surface area (TPSA) is 47.0 Å². The van der Waals surface area contributed by atoms with E-state index in [0.717, 1.165) is 15.9 Å². The summed E-state index contributed by atoms with van der Waals surface area (Å²) in [5.41, 5.74) is 1.59. The molecule has 0 unspecified atom stereocenters. The number of hydrogen-bond donors (Lipinski definition) is 1. The molecule has 6 heteroatoms. The number of thiazole rings is 1. The SMILES string of the molecule is CCOc1ccc(Nc2nc3ccc(F)cc3s2)cn1. The molecule has 2 heterocycles. The molecular weight excluding hydrogens is 277 g/mol.